The number of halogens is 2. The van der Waals surface area contributed by atoms with Crippen LogP contribution < -0.4 is 5.32 Å². The lowest BCUT2D eigenvalue weighted by Gasteiger charge is -2.15. The molecular formula is C9H9F2N5O2. The fraction of sp³-hybridized carbons (Fsp3) is 0.333. The Labute approximate surface area is 100 Å². The van der Waals surface area contributed by atoms with Crippen LogP contribution in [0.1, 0.15) is 5.56 Å². The molecule has 2 heterocycles. The standard InChI is InChI=1S/C9H9F2N5O2/c10-7-3-8(11)13-4-6(7)5-15-2-1-12-9(15)14-16(17)18/h3-4H,1-2,5H2,(H,12,14). The van der Waals surface area contributed by atoms with E-state index in [0.717, 1.165) is 6.20 Å². The van der Waals surface area contributed by atoms with E-state index in [2.05, 4.69) is 15.4 Å². The van der Waals surface area contributed by atoms with Gasteiger partial charge in [-0.25, -0.2) is 19.5 Å². The van der Waals surface area contributed by atoms with Crippen molar-refractivity contribution in [2.45, 2.75) is 6.54 Å². The van der Waals surface area contributed by atoms with Gasteiger partial charge in [0.15, 0.2) is 5.03 Å². The van der Waals surface area contributed by atoms with Gasteiger partial charge in [-0.3, -0.25) is 0 Å². The molecule has 0 radical (unpaired) electrons. The van der Waals surface area contributed by atoms with E-state index in [1.54, 1.807) is 0 Å². The highest BCUT2D eigenvalue weighted by Gasteiger charge is 2.22. The van der Waals surface area contributed by atoms with Crippen molar-refractivity contribution in [1.82, 2.24) is 15.2 Å². The number of aromatic nitrogens is 1. The lowest BCUT2D eigenvalue weighted by atomic mass is 10.2. The van der Waals surface area contributed by atoms with E-state index in [0.29, 0.717) is 19.2 Å². The first-order valence-electron chi connectivity index (χ1n) is 5.08. The number of nitro groups is 1. The van der Waals surface area contributed by atoms with Crippen molar-refractivity contribution < 1.29 is 13.8 Å². The summed E-state index contributed by atoms with van der Waals surface area (Å²) < 4.78 is 26.0. The van der Waals surface area contributed by atoms with Gasteiger partial charge in [0, 0.05) is 30.9 Å². The van der Waals surface area contributed by atoms with Crippen LogP contribution in [0.2, 0.25) is 0 Å². The average molecular weight is 257 g/mol. The molecule has 0 aromatic carbocycles. The molecule has 0 unspecified atom stereocenters. The molecule has 0 amide bonds. The van der Waals surface area contributed by atoms with Gasteiger partial charge in [0.05, 0.1) is 6.54 Å². The van der Waals surface area contributed by atoms with Crippen LogP contribution >= 0.6 is 0 Å². The number of hydrazone groups is 1. The minimum absolute atomic E-state index is 0.0405. The number of pyridine rings is 1. The lowest BCUT2D eigenvalue weighted by molar-refractivity contribution is -0.485. The van der Waals surface area contributed by atoms with E-state index in [1.807, 2.05) is 0 Å². The third kappa shape index (κ3) is 2.67. The van der Waals surface area contributed by atoms with Gasteiger partial charge < -0.3 is 10.2 Å². The highest BCUT2D eigenvalue weighted by molar-refractivity contribution is 5.81. The highest BCUT2D eigenvalue weighted by atomic mass is 19.1. The van der Waals surface area contributed by atoms with E-state index < -0.39 is 16.8 Å². The molecule has 1 N–H and O–H groups in total. The van der Waals surface area contributed by atoms with Gasteiger partial charge in [-0.2, -0.15) is 4.39 Å². The van der Waals surface area contributed by atoms with Gasteiger partial charge in [0.2, 0.25) is 5.95 Å². The molecule has 0 saturated carbocycles. The zero-order valence-electron chi connectivity index (χ0n) is 9.14. The summed E-state index contributed by atoms with van der Waals surface area (Å²) in [6.07, 6.45) is 1.06. The quantitative estimate of drug-likeness (QED) is 0.478. The van der Waals surface area contributed by atoms with Crippen LogP contribution in [0.4, 0.5) is 8.78 Å². The molecule has 2 rings (SSSR count). The molecule has 0 spiro atoms. The molecule has 18 heavy (non-hydrogen) atoms. The Kier molecular flexibility index (Phi) is 3.31. The third-order valence-electron chi connectivity index (χ3n) is 2.40. The second kappa shape index (κ2) is 4.90. The van der Waals surface area contributed by atoms with E-state index in [1.165, 1.54) is 4.90 Å². The van der Waals surface area contributed by atoms with Crippen LogP contribution in [-0.2, 0) is 6.54 Å². The first-order chi connectivity index (χ1) is 8.56. The Balaban J connectivity index is 2.15. The molecule has 9 heteroatoms. The van der Waals surface area contributed by atoms with Gasteiger partial charge in [0.25, 0.3) is 5.96 Å². The Morgan fingerprint density at radius 2 is 2.39 bits per heavy atom. The summed E-state index contributed by atoms with van der Waals surface area (Å²) >= 11 is 0. The SMILES string of the molecule is O=[N+]([O-])N=C1NCCN1Cc1cnc(F)cc1F. The van der Waals surface area contributed by atoms with Crippen LogP contribution in [0.5, 0.6) is 0 Å². The minimum atomic E-state index is -0.907. The summed E-state index contributed by atoms with van der Waals surface area (Å²) in [4.78, 5) is 15.1. The number of hydrogen-bond acceptors (Lipinski definition) is 3. The molecule has 1 aromatic rings. The summed E-state index contributed by atoms with van der Waals surface area (Å²) in [6.45, 7) is 0.963. The van der Waals surface area contributed by atoms with Crippen molar-refractivity contribution in [1.29, 1.82) is 0 Å². The summed E-state index contributed by atoms with van der Waals surface area (Å²) in [7, 11) is 0. The average Bonchev–Trinajstić information content (AvgIpc) is 2.69. The molecule has 1 saturated heterocycles. The Morgan fingerprint density at radius 1 is 1.61 bits per heavy atom. The smallest absolute Gasteiger partial charge is 0.271 e. The van der Waals surface area contributed by atoms with E-state index in [4.69, 9.17) is 0 Å². The largest absolute Gasteiger partial charge is 0.349 e. The first kappa shape index (κ1) is 12.1. The van der Waals surface area contributed by atoms with E-state index >= 15 is 0 Å². The van der Waals surface area contributed by atoms with Gasteiger partial charge >= 0.3 is 0 Å². The molecular weight excluding hydrogens is 248 g/mol. The Morgan fingerprint density at radius 3 is 3.06 bits per heavy atom. The fourth-order valence-corrected chi connectivity index (χ4v) is 1.61. The van der Waals surface area contributed by atoms with Gasteiger partial charge in [-0.1, -0.05) is 0 Å². The van der Waals surface area contributed by atoms with Gasteiger partial charge in [-0.05, 0) is 0 Å². The predicted octanol–water partition coefficient (Wildman–Crippen LogP) is 0.313. The number of rotatable bonds is 3. The second-order valence-electron chi connectivity index (χ2n) is 3.61. The number of hydrogen-bond donors (Lipinski definition) is 1. The van der Waals surface area contributed by atoms with Crippen LogP contribution in [0, 0.1) is 21.9 Å². The number of nitrogens with one attached hydrogen (secondary N) is 1. The van der Waals surface area contributed by atoms with E-state index in [9.17, 15) is 18.9 Å². The number of guanidine groups is 1. The van der Waals surface area contributed by atoms with Crippen LogP contribution in [0.3, 0.4) is 0 Å². The maximum atomic E-state index is 13.4. The number of nitrogens with zero attached hydrogens (tertiary/aromatic N) is 4. The van der Waals surface area contributed by atoms with Crippen LogP contribution in [0.15, 0.2) is 17.4 Å². The normalized spacial score (nSPS) is 17.0. The van der Waals surface area contributed by atoms with Gasteiger partial charge in [-0.15, -0.1) is 0 Å². The Bertz CT molecular complexity index is 508. The molecule has 96 valence electrons. The maximum absolute atomic E-state index is 13.4. The zero-order valence-corrected chi connectivity index (χ0v) is 9.14. The van der Waals surface area contributed by atoms with Crippen molar-refractivity contribution in [3.63, 3.8) is 0 Å². The molecule has 1 aromatic heterocycles. The van der Waals surface area contributed by atoms with Crippen molar-refractivity contribution in [2.75, 3.05) is 13.1 Å². The van der Waals surface area contributed by atoms with Gasteiger partial charge in [0.1, 0.15) is 10.9 Å². The highest BCUT2D eigenvalue weighted by Crippen LogP contribution is 2.11. The summed E-state index contributed by atoms with van der Waals surface area (Å²) in [5, 5.41) is 15.3. The van der Waals surface area contributed by atoms with Crippen molar-refractivity contribution in [3.8, 4) is 0 Å². The monoisotopic (exact) mass is 257 g/mol. The van der Waals surface area contributed by atoms with Crippen molar-refractivity contribution >= 4 is 5.96 Å². The molecule has 1 aliphatic rings. The van der Waals surface area contributed by atoms with Crippen LogP contribution in [-0.4, -0.2) is 34.0 Å². The summed E-state index contributed by atoms with van der Waals surface area (Å²) in [5.74, 6) is -1.59. The topological polar surface area (TPSA) is 83.7 Å². The zero-order chi connectivity index (χ0) is 13.1. The molecule has 0 atom stereocenters. The second-order valence-corrected chi connectivity index (χ2v) is 3.61. The predicted molar refractivity (Wildman–Crippen MR) is 57.0 cm³/mol. The Hall–Kier alpha value is -2.32. The molecule has 1 fully saturated rings. The fourth-order valence-electron chi connectivity index (χ4n) is 1.61. The molecule has 0 aliphatic carbocycles. The minimum Gasteiger partial charge on any atom is -0.349 e. The molecule has 7 nitrogen and oxygen atoms in total. The summed E-state index contributed by atoms with van der Waals surface area (Å²) in [5.41, 5.74) is 0.149. The van der Waals surface area contributed by atoms with Crippen LogP contribution in [0.25, 0.3) is 0 Å². The lowest BCUT2D eigenvalue weighted by Crippen LogP contribution is -2.31. The van der Waals surface area contributed by atoms with Crippen molar-refractivity contribution in [2.24, 2.45) is 5.10 Å². The summed E-state index contributed by atoms with van der Waals surface area (Å²) in [6, 6.07) is 0.670. The third-order valence-corrected chi connectivity index (χ3v) is 2.40. The maximum Gasteiger partial charge on any atom is 0.271 e. The van der Waals surface area contributed by atoms with Crippen molar-refractivity contribution in [3.05, 3.63) is 39.7 Å². The first-order valence-corrected chi connectivity index (χ1v) is 5.08. The van der Waals surface area contributed by atoms with E-state index in [-0.39, 0.29) is 18.1 Å². The molecule has 1 aliphatic heterocycles. The molecule has 0 bridgehead atoms.